The number of anilines is 1. The van der Waals surface area contributed by atoms with Crippen LogP contribution in [0.4, 0.5) is 11.4 Å². The molecule has 6 nitrogen and oxygen atoms in total. The number of hydrogen-bond donors (Lipinski definition) is 0. The van der Waals surface area contributed by atoms with Gasteiger partial charge in [0.15, 0.2) is 0 Å². The van der Waals surface area contributed by atoms with E-state index in [9.17, 15) is 10.1 Å². The van der Waals surface area contributed by atoms with Gasteiger partial charge in [0.1, 0.15) is 5.75 Å². The van der Waals surface area contributed by atoms with Crippen molar-refractivity contribution in [3.63, 3.8) is 0 Å². The zero-order valence-electron chi connectivity index (χ0n) is 16.2. The SMILES string of the molecule is COc1ccc(C(C(C)C)N2CCN(c3ccc([N+](=O)[O-])cc3)CC2)cc1. The van der Waals surface area contributed by atoms with E-state index >= 15 is 0 Å². The first-order valence-electron chi connectivity index (χ1n) is 9.37. The van der Waals surface area contributed by atoms with Crippen LogP contribution in [0.2, 0.25) is 0 Å². The minimum absolute atomic E-state index is 0.136. The van der Waals surface area contributed by atoms with Crippen LogP contribution >= 0.6 is 0 Å². The van der Waals surface area contributed by atoms with Gasteiger partial charge in [0, 0.05) is 50.0 Å². The Hall–Kier alpha value is -2.60. The summed E-state index contributed by atoms with van der Waals surface area (Å²) in [4.78, 5) is 15.3. The monoisotopic (exact) mass is 369 g/mol. The van der Waals surface area contributed by atoms with Gasteiger partial charge in [-0.05, 0) is 35.7 Å². The molecule has 1 saturated heterocycles. The van der Waals surface area contributed by atoms with Gasteiger partial charge in [0.25, 0.3) is 5.69 Å². The third-order valence-electron chi connectivity index (χ3n) is 5.22. The maximum absolute atomic E-state index is 10.8. The summed E-state index contributed by atoms with van der Waals surface area (Å²) in [6.45, 7) is 8.28. The molecule has 1 unspecified atom stereocenters. The Kier molecular flexibility index (Phi) is 5.96. The normalized spacial score (nSPS) is 16.4. The number of non-ortho nitro benzene ring substituents is 1. The van der Waals surface area contributed by atoms with E-state index in [4.69, 9.17) is 4.74 Å². The van der Waals surface area contributed by atoms with E-state index in [0.29, 0.717) is 12.0 Å². The second-order valence-corrected chi connectivity index (χ2v) is 7.26. The topological polar surface area (TPSA) is 58.8 Å². The summed E-state index contributed by atoms with van der Waals surface area (Å²) in [6.07, 6.45) is 0. The van der Waals surface area contributed by atoms with Crippen LogP contribution in [0.3, 0.4) is 0 Å². The summed E-state index contributed by atoms with van der Waals surface area (Å²) in [5.41, 5.74) is 2.50. The number of methoxy groups -OCH3 is 1. The van der Waals surface area contributed by atoms with Gasteiger partial charge >= 0.3 is 0 Å². The summed E-state index contributed by atoms with van der Waals surface area (Å²) < 4.78 is 5.28. The number of benzene rings is 2. The lowest BCUT2D eigenvalue weighted by Crippen LogP contribution is -2.48. The maximum Gasteiger partial charge on any atom is 0.269 e. The largest absolute Gasteiger partial charge is 0.497 e. The van der Waals surface area contributed by atoms with Crippen LogP contribution in [-0.2, 0) is 0 Å². The predicted molar refractivity (Wildman–Crippen MR) is 107 cm³/mol. The van der Waals surface area contributed by atoms with Crippen LogP contribution in [0.1, 0.15) is 25.5 Å². The highest BCUT2D eigenvalue weighted by Crippen LogP contribution is 2.31. The Balaban J connectivity index is 1.67. The Morgan fingerprint density at radius 3 is 2.04 bits per heavy atom. The highest BCUT2D eigenvalue weighted by atomic mass is 16.6. The molecule has 0 aliphatic carbocycles. The van der Waals surface area contributed by atoms with Gasteiger partial charge < -0.3 is 9.64 Å². The molecule has 6 heteroatoms. The molecule has 0 amide bonds. The molecule has 1 atom stereocenters. The van der Waals surface area contributed by atoms with Crippen LogP contribution in [-0.4, -0.2) is 43.1 Å². The van der Waals surface area contributed by atoms with Crippen LogP contribution in [0, 0.1) is 16.0 Å². The molecule has 0 spiro atoms. The molecular weight excluding hydrogens is 342 g/mol. The molecule has 1 aliphatic heterocycles. The van der Waals surface area contributed by atoms with E-state index in [0.717, 1.165) is 37.6 Å². The summed E-state index contributed by atoms with van der Waals surface area (Å²) in [7, 11) is 1.69. The van der Waals surface area contributed by atoms with Crippen molar-refractivity contribution < 1.29 is 9.66 Å². The number of nitrogens with zero attached hydrogens (tertiary/aromatic N) is 3. The summed E-state index contributed by atoms with van der Waals surface area (Å²) in [6, 6.07) is 15.6. The van der Waals surface area contributed by atoms with Crippen molar-refractivity contribution in [2.24, 2.45) is 5.92 Å². The Morgan fingerprint density at radius 1 is 0.963 bits per heavy atom. The average molecular weight is 369 g/mol. The van der Waals surface area contributed by atoms with Crippen molar-refractivity contribution >= 4 is 11.4 Å². The van der Waals surface area contributed by atoms with Gasteiger partial charge in [0.2, 0.25) is 0 Å². The highest BCUT2D eigenvalue weighted by molar-refractivity contribution is 5.51. The van der Waals surface area contributed by atoms with Crippen molar-refractivity contribution in [1.29, 1.82) is 0 Å². The highest BCUT2D eigenvalue weighted by Gasteiger charge is 2.27. The fourth-order valence-electron chi connectivity index (χ4n) is 3.86. The second kappa shape index (κ2) is 8.39. The Labute approximate surface area is 160 Å². The molecule has 0 radical (unpaired) electrons. The number of nitro benzene ring substituents is 1. The lowest BCUT2D eigenvalue weighted by Gasteiger charge is -2.42. The zero-order chi connectivity index (χ0) is 19.4. The smallest absolute Gasteiger partial charge is 0.269 e. The molecule has 0 aromatic heterocycles. The van der Waals surface area contributed by atoms with Gasteiger partial charge in [0.05, 0.1) is 12.0 Å². The minimum atomic E-state index is -0.357. The third-order valence-corrected chi connectivity index (χ3v) is 5.22. The maximum atomic E-state index is 10.8. The molecule has 144 valence electrons. The van der Waals surface area contributed by atoms with Crippen molar-refractivity contribution in [2.75, 3.05) is 38.2 Å². The molecule has 1 fully saturated rings. The van der Waals surface area contributed by atoms with Gasteiger partial charge in [-0.3, -0.25) is 15.0 Å². The summed E-state index contributed by atoms with van der Waals surface area (Å²) in [5, 5.41) is 10.8. The molecular formula is C21H27N3O3. The number of rotatable bonds is 6. The number of piperazine rings is 1. The quantitative estimate of drug-likeness (QED) is 0.566. The third kappa shape index (κ3) is 4.39. The van der Waals surface area contributed by atoms with Crippen LogP contribution in [0.15, 0.2) is 48.5 Å². The van der Waals surface area contributed by atoms with Crippen LogP contribution in [0.5, 0.6) is 5.75 Å². The molecule has 1 aliphatic rings. The van der Waals surface area contributed by atoms with Crippen molar-refractivity contribution in [1.82, 2.24) is 4.90 Å². The Morgan fingerprint density at radius 2 is 1.56 bits per heavy atom. The van der Waals surface area contributed by atoms with Gasteiger partial charge in [-0.15, -0.1) is 0 Å². The van der Waals surface area contributed by atoms with E-state index in [2.05, 4.69) is 35.8 Å². The number of ether oxygens (including phenoxy) is 1. The molecule has 3 rings (SSSR count). The fraction of sp³-hybridized carbons (Fsp3) is 0.429. The van der Waals surface area contributed by atoms with Crippen molar-refractivity contribution in [3.8, 4) is 5.75 Å². The first-order chi connectivity index (χ1) is 13.0. The van der Waals surface area contributed by atoms with E-state index in [1.54, 1.807) is 19.2 Å². The van der Waals surface area contributed by atoms with Gasteiger partial charge in [-0.2, -0.15) is 0 Å². The van der Waals surface area contributed by atoms with E-state index in [1.807, 2.05) is 24.3 Å². The Bertz CT molecular complexity index is 751. The molecule has 1 heterocycles. The minimum Gasteiger partial charge on any atom is -0.497 e. The zero-order valence-corrected chi connectivity index (χ0v) is 16.2. The predicted octanol–water partition coefficient (Wildman–Crippen LogP) is 4.12. The molecule has 0 saturated carbocycles. The lowest BCUT2D eigenvalue weighted by molar-refractivity contribution is -0.384. The van der Waals surface area contributed by atoms with E-state index in [1.165, 1.54) is 5.56 Å². The van der Waals surface area contributed by atoms with E-state index < -0.39 is 0 Å². The van der Waals surface area contributed by atoms with Crippen LogP contribution < -0.4 is 9.64 Å². The van der Waals surface area contributed by atoms with Gasteiger partial charge in [-0.25, -0.2) is 0 Å². The number of hydrogen-bond acceptors (Lipinski definition) is 5. The number of nitro groups is 1. The fourth-order valence-corrected chi connectivity index (χ4v) is 3.86. The molecule has 0 bridgehead atoms. The molecule has 2 aromatic carbocycles. The second-order valence-electron chi connectivity index (χ2n) is 7.26. The van der Waals surface area contributed by atoms with E-state index in [-0.39, 0.29) is 10.6 Å². The first kappa shape index (κ1) is 19.2. The van der Waals surface area contributed by atoms with Crippen LogP contribution in [0.25, 0.3) is 0 Å². The summed E-state index contributed by atoms with van der Waals surface area (Å²) in [5.74, 6) is 1.38. The molecule has 2 aromatic rings. The standard InChI is InChI=1S/C21H27N3O3/c1-16(2)21(17-4-10-20(27-3)11-5-17)23-14-12-22(13-15-23)18-6-8-19(9-7-18)24(25)26/h4-11,16,21H,12-15H2,1-3H3. The van der Waals surface area contributed by atoms with Crippen molar-refractivity contribution in [2.45, 2.75) is 19.9 Å². The molecule has 27 heavy (non-hydrogen) atoms. The summed E-state index contributed by atoms with van der Waals surface area (Å²) >= 11 is 0. The molecule has 0 N–H and O–H groups in total. The first-order valence-corrected chi connectivity index (χ1v) is 9.37. The van der Waals surface area contributed by atoms with Gasteiger partial charge in [-0.1, -0.05) is 26.0 Å². The van der Waals surface area contributed by atoms with Crippen molar-refractivity contribution in [3.05, 3.63) is 64.2 Å². The average Bonchev–Trinajstić information content (AvgIpc) is 2.69. The lowest BCUT2D eigenvalue weighted by atomic mass is 9.93.